The number of ketones is 1. The average molecular weight is 465 g/mol. The molecular formula is C25H25ClN4O3. The summed E-state index contributed by atoms with van der Waals surface area (Å²) in [5.74, 6) is 0.817. The van der Waals surface area contributed by atoms with Crippen molar-refractivity contribution in [3.05, 3.63) is 59.9 Å². The van der Waals surface area contributed by atoms with E-state index in [1.165, 1.54) is 0 Å². The van der Waals surface area contributed by atoms with Gasteiger partial charge in [0.2, 0.25) is 0 Å². The van der Waals surface area contributed by atoms with Gasteiger partial charge < -0.3 is 25.0 Å². The number of hydrogen-bond donors (Lipinski definition) is 3. The molecule has 0 bridgehead atoms. The molecule has 0 saturated carbocycles. The van der Waals surface area contributed by atoms with Crippen LogP contribution in [0.4, 0.5) is 5.69 Å². The number of pyridine rings is 1. The van der Waals surface area contributed by atoms with Crippen LogP contribution in [-0.2, 0) is 5.41 Å². The first-order valence-corrected chi connectivity index (χ1v) is 11.3. The van der Waals surface area contributed by atoms with Crippen LogP contribution in [0.2, 0.25) is 0 Å². The number of nitrogens with zero attached hydrogens (tertiary/aromatic N) is 2. The molecule has 3 N–H and O–H groups in total. The van der Waals surface area contributed by atoms with Crippen LogP contribution >= 0.6 is 11.6 Å². The predicted octanol–water partition coefficient (Wildman–Crippen LogP) is 4.15. The lowest BCUT2D eigenvalue weighted by Crippen LogP contribution is -2.40. The summed E-state index contributed by atoms with van der Waals surface area (Å²) in [7, 11) is 4.00. The molecule has 7 nitrogen and oxygen atoms in total. The number of halogens is 1. The first-order chi connectivity index (χ1) is 15.9. The Bertz CT molecular complexity index is 1370. The minimum Gasteiger partial charge on any atom is -0.506 e. The third kappa shape index (κ3) is 3.57. The van der Waals surface area contributed by atoms with Crippen LogP contribution in [0.5, 0.6) is 11.5 Å². The Hall–Kier alpha value is -3.29. The molecule has 0 amide bonds. The number of phenols is 1. The number of aromatic amines is 1. The van der Waals surface area contributed by atoms with Crippen molar-refractivity contribution in [2.75, 3.05) is 45.0 Å². The van der Waals surface area contributed by atoms with Gasteiger partial charge in [0.25, 0.3) is 0 Å². The number of benzene rings is 2. The Morgan fingerprint density at radius 2 is 2.12 bits per heavy atom. The third-order valence-corrected chi connectivity index (χ3v) is 6.69. The van der Waals surface area contributed by atoms with Crippen LogP contribution in [0.15, 0.2) is 48.7 Å². The van der Waals surface area contributed by atoms with Crippen molar-refractivity contribution in [3.8, 4) is 11.5 Å². The van der Waals surface area contributed by atoms with Crippen molar-refractivity contribution in [1.29, 1.82) is 0 Å². The Labute approximate surface area is 196 Å². The summed E-state index contributed by atoms with van der Waals surface area (Å²) < 4.78 is 5.84. The summed E-state index contributed by atoms with van der Waals surface area (Å²) >= 11 is 6.50. The molecule has 0 radical (unpaired) electrons. The fourth-order valence-electron chi connectivity index (χ4n) is 4.52. The normalized spacial score (nSPS) is 17.5. The highest BCUT2D eigenvalue weighted by molar-refractivity contribution is 6.24. The van der Waals surface area contributed by atoms with Gasteiger partial charge in [-0.1, -0.05) is 6.07 Å². The quantitative estimate of drug-likeness (QED) is 0.281. The van der Waals surface area contributed by atoms with Crippen molar-refractivity contribution >= 4 is 44.9 Å². The van der Waals surface area contributed by atoms with Gasteiger partial charge in [-0.15, -0.1) is 11.6 Å². The van der Waals surface area contributed by atoms with Gasteiger partial charge in [-0.05, 0) is 44.4 Å². The number of hydrogen-bond acceptors (Lipinski definition) is 6. The van der Waals surface area contributed by atoms with E-state index in [4.69, 9.17) is 16.3 Å². The summed E-state index contributed by atoms with van der Waals surface area (Å²) in [5, 5.41) is 15.3. The first-order valence-electron chi connectivity index (χ1n) is 10.8. The van der Waals surface area contributed by atoms with Gasteiger partial charge in [0.15, 0.2) is 5.78 Å². The van der Waals surface area contributed by atoms with E-state index in [0.29, 0.717) is 30.0 Å². The van der Waals surface area contributed by atoms with E-state index in [-0.39, 0.29) is 17.4 Å². The number of Topliss-reactive ketones (excluding diaryl/α,β-unsaturated/α-hetero) is 1. The molecule has 2 aromatic carbocycles. The predicted molar refractivity (Wildman–Crippen MR) is 131 cm³/mol. The van der Waals surface area contributed by atoms with E-state index in [1.807, 2.05) is 44.4 Å². The van der Waals surface area contributed by atoms with Gasteiger partial charge in [0, 0.05) is 58.8 Å². The number of ether oxygens (including phenoxy) is 1. The van der Waals surface area contributed by atoms with Gasteiger partial charge in [-0.25, -0.2) is 0 Å². The second-order valence-corrected chi connectivity index (χ2v) is 8.97. The number of aromatic hydroxyl groups is 1. The molecule has 33 heavy (non-hydrogen) atoms. The Balaban J connectivity index is 1.54. The lowest BCUT2D eigenvalue weighted by atomic mass is 9.77. The molecule has 0 saturated heterocycles. The Morgan fingerprint density at radius 1 is 1.27 bits per heavy atom. The standard InChI is InChI=1S/C25H25ClN4O3/c1-30(2)8-9-33-16-5-6-18-15(10-16)11-20(29-18)24(32)25(13-26)14-28-19-12-21(31)23-17(22(19)25)4-3-7-27-23/h3-7,10-12,28-29,31H,8-9,13-14H2,1-2H3. The number of carbonyl (C=O) groups is 1. The number of phenolic OH excluding ortho intramolecular Hbond substituents is 1. The second kappa shape index (κ2) is 8.24. The van der Waals surface area contributed by atoms with Crippen molar-refractivity contribution in [1.82, 2.24) is 14.9 Å². The highest BCUT2D eigenvalue weighted by Crippen LogP contribution is 2.46. The molecule has 4 aromatic rings. The number of rotatable bonds is 7. The average Bonchev–Trinajstić information content (AvgIpc) is 3.40. The molecule has 3 heterocycles. The molecule has 1 aliphatic rings. The van der Waals surface area contributed by atoms with Crippen LogP contribution < -0.4 is 10.1 Å². The number of H-pyrrole nitrogens is 1. The number of anilines is 1. The molecule has 8 heteroatoms. The minimum atomic E-state index is -0.988. The van der Waals surface area contributed by atoms with E-state index >= 15 is 0 Å². The summed E-state index contributed by atoms with van der Waals surface area (Å²) in [6.07, 6.45) is 1.62. The van der Waals surface area contributed by atoms with Crippen molar-refractivity contribution in [3.63, 3.8) is 0 Å². The highest BCUT2D eigenvalue weighted by Gasteiger charge is 2.47. The minimum absolute atomic E-state index is 0.0714. The van der Waals surface area contributed by atoms with Gasteiger partial charge in [0.05, 0.1) is 11.1 Å². The fourth-order valence-corrected chi connectivity index (χ4v) is 4.87. The van der Waals surface area contributed by atoms with Gasteiger partial charge in [-0.3, -0.25) is 9.78 Å². The maximum absolute atomic E-state index is 13.9. The number of alkyl halides is 1. The van der Waals surface area contributed by atoms with Crippen molar-refractivity contribution < 1.29 is 14.6 Å². The summed E-state index contributed by atoms with van der Waals surface area (Å²) in [6.45, 7) is 1.74. The largest absolute Gasteiger partial charge is 0.506 e. The summed E-state index contributed by atoms with van der Waals surface area (Å²) in [4.78, 5) is 23.5. The van der Waals surface area contributed by atoms with Crippen LogP contribution in [0.3, 0.4) is 0 Å². The maximum Gasteiger partial charge on any atom is 0.192 e. The van der Waals surface area contributed by atoms with Gasteiger partial charge >= 0.3 is 0 Å². The topological polar surface area (TPSA) is 90.5 Å². The van der Waals surface area contributed by atoms with Crippen LogP contribution in [0.25, 0.3) is 21.8 Å². The van der Waals surface area contributed by atoms with E-state index in [2.05, 4.69) is 20.2 Å². The molecule has 0 fully saturated rings. The molecule has 1 aliphatic heterocycles. The van der Waals surface area contributed by atoms with Gasteiger partial charge in [0.1, 0.15) is 23.6 Å². The monoisotopic (exact) mass is 464 g/mol. The smallest absolute Gasteiger partial charge is 0.192 e. The lowest BCUT2D eigenvalue weighted by Gasteiger charge is -2.25. The molecular weight excluding hydrogens is 440 g/mol. The zero-order chi connectivity index (χ0) is 23.2. The van der Waals surface area contributed by atoms with Crippen molar-refractivity contribution in [2.45, 2.75) is 5.41 Å². The highest BCUT2D eigenvalue weighted by atomic mass is 35.5. The molecule has 170 valence electrons. The van der Waals surface area contributed by atoms with E-state index in [0.717, 1.165) is 34.1 Å². The molecule has 2 aromatic heterocycles. The van der Waals surface area contributed by atoms with E-state index in [1.54, 1.807) is 18.3 Å². The molecule has 0 spiro atoms. The maximum atomic E-state index is 13.9. The van der Waals surface area contributed by atoms with Crippen LogP contribution in [-0.4, -0.2) is 65.4 Å². The number of carbonyl (C=O) groups excluding carboxylic acids is 1. The third-order valence-electron chi connectivity index (χ3n) is 6.24. The van der Waals surface area contributed by atoms with Crippen LogP contribution in [0.1, 0.15) is 16.1 Å². The number of nitrogens with one attached hydrogen (secondary N) is 2. The van der Waals surface area contributed by atoms with Gasteiger partial charge in [-0.2, -0.15) is 0 Å². The molecule has 1 unspecified atom stereocenters. The zero-order valence-electron chi connectivity index (χ0n) is 18.5. The van der Waals surface area contributed by atoms with Crippen molar-refractivity contribution in [2.24, 2.45) is 0 Å². The number of likely N-dealkylation sites (N-methyl/N-ethyl adjacent to an activating group) is 1. The SMILES string of the molecule is CN(C)CCOc1ccc2[nH]c(C(=O)C3(CCl)CNc4cc(O)c5ncccc5c43)cc2c1. The lowest BCUT2D eigenvalue weighted by molar-refractivity contribution is 0.0908. The first kappa shape index (κ1) is 21.6. The Morgan fingerprint density at radius 3 is 2.91 bits per heavy atom. The fraction of sp³-hybridized carbons (Fsp3) is 0.280. The van der Waals surface area contributed by atoms with Crippen LogP contribution in [0, 0.1) is 0 Å². The summed E-state index contributed by atoms with van der Waals surface area (Å²) in [6, 6.07) is 12.9. The molecule has 0 aliphatic carbocycles. The van der Waals surface area contributed by atoms with E-state index < -0.39 is 5.41 Å². The molecule has 5 rings (SSSR count). The van der Waals surface area contributed by atoms with E-state index in [9.17, 15) is 9.90 Å². The second-order valence-electron chi connectivity index (χ2n) is 8.70. The zero-order valence-corrected chi connectivity index (χ0v) is 19.2. The number of fused-ring (bicyclic) bond motifs is 4. The number of aromatic nitrogens is 2. The molecule has 1 atom stereocenters. The summed E-state index contributed by atoms with van der Waals surface area (Å²) in [5.41, 5.74) is 2.28. The Kier molecular flexibility index (Phi) is 5.38.